The van der Waals surface area contributed by atoms with Gasteiger partial charge >= 0.3 is 23.9 Å². The van der Waals surface area contributed by atoms with Crippen LogP contribution in [0.2, 0.25) is 39.3 Å². The van der Waals surface area contributed by atoms with Crippen LogP contribution in [0, 0.1) is 0 Å². The smallest absolute Gasteiger partial charge is 0.409 e. The average Bonchev–Trinajstić information content (AvgIpc) is 2.61. The molecule has 0 aliphatic carbocycles. The minimum atomic E-state index is -7.25. The number of fused-ring (bicyclic) bond motifs is 1. The van der Waals surface area contributed by atoms with Gasteiger partial charge in [0, 0.05) is 0 Å². The fourth-order valence-electron chi connectivity index (χ4n) is 3.81. The molecule has 6 nitrogen and oxygen atoms in total. The van der Waals surface area contributed by atoms with Crippen LogP contribution in [-0.2, 0) is 23.1 Å². The van der Waals surface area contributed by atoms with Crippen molar-refractivity contribution in [1.29, 1.82) is 0 Å². The van der Waals surface area contributed by atoms with Crippen LogP contribution in [0.15, 0.2) is 0 Å². The molecule has 0 bridgehead atoms. The van der Waals surface area contributed by atoms with Crippen molar-refractivity contribution < 1.29 is 67.7 Å². The average molecular weight is 583 g/mol. The largest absolute Gasteiger partial charge is 0.460 e. The van der Waals surface area contributed by atoms with Gasteiger partial charge in [0.2, 0.25) is 0 Å². The molecule has 0 aromatic carbocycles. The number of hydrogen-bond acceptors (Lipinski definition) is 6. The molecule has 2 aliphatic heterocycles. The lowest BCUT2D eigenvalue weighted by atomic mass is 9.84. The summed E-state index contributed by atoms with van der Waals surface area (Å²) in [5, 5.41) is 11.0. The summed E-state index contributed by atoms with van der Waals surface area (Å²) in [5.41, 5.74) is 0. The molecule has 0 amide bonds. The van der Waals surface area contributed by atoms with Crippen molar-refractivity contribution >= 4 is 16.6 Å². The number of alkyl halides is 9. The van der Waals surface area contributed by atoms with Gasteiger partial charge in [0.15, 0.2) is 22.4 Å². The molecule has 17 heteroatoms. The van der Waals surface area contributed by atoms with Crippen molar-refractivity contribution in [3.05, 3.63) is 0 Å². The SMILES string of the molecule is CC1(C)OC[C@H]2O[C@@](O)(C(F)(F)C(F)(F)C(F)(F)C(F)(F)F)[C@H](O[Si](C)(C)C)[C@H](O[Si](C)(C)C)[C@@H]2O1. The lowest BCUT2D eigenvalue weighted by Gasteiger charge is -2.57. The summed E-state index contributed by atoms with van der Waals surface area (Å²) >= 11 is 0. The van der Waals surface area contributed by atoms with Crippen LogP contribution in [0.5, 0.6) is 0 Å². The van der Waals surface area contributed by atoms with E-state index in [1.807, 2.05) is 0 Å². The summed E-state index contributed by atoms with van der Waals surface area (Å²) in [6, 6.07) is 0. The molecule has 2 heterocycles. The lowest BCUT2D eigenvalue weighted by Crippen LogP contribution is -2.80. The van der Waals surface area contributed by atoms with E-state index in [0.717, 1.165) is 0 Å². The molecular weight excluding hydrogens is 551 g/mol. The van der Waals surface area contributed by atoms with Crippen molar-refractivity contribution in [3.8, 4) is 0 Å². The molecule has 36 heavy (non-hydrogen) atoms. The van der Waals surface area contributed by atoms with Gasteiger partial charge < -0.3 is 28.2 Å². The highest BCUT2D eigenvalue weighted by molar-refractivity contribution is 6.70. The lowest BCUT2D eigenvalue weighted by molar-refractivity contribution is -0.487. The van der Waals surface area contributed by atoms with Gasteiger partial charge in [0.25, 0.3) is 5.79 Å². The van der Waals surface area contributed by atoms with Crippen LogP contribution < -0.4 is 0 Å². The van der Waals surface area contributed by atoms with Crippen molar-refractivity contribution in [1.82, 2.24) is 0 Å². The molecule has 2 aliphatic rings. The summed E-state index contributed by atoms with van der Waals surface area (Å²) < 4.78 is 153. The Hall–Kier alpha value is -0.436. The second-order valence-corrected chi connectivity index (χ2v) is 20.1. The minimum Gasteiger partial charge on any atom is -0.409 e. The number of aliphatic hydroxyl groups is 1. The predicted molar refractivity (Wildman–Crippen MR) is 112 cm³/mol. The maximum absolute atomic E-state index is 15.3. The van der Waals surface area contributed by atoms with Crippen molar-refractivity contribution in [2.24, 2.45) is 0 Å². The number of hydrogen-bond donors (Lipinski definition) is 1. The highest BCUT2D eigenvalue weighted by Gasteiger charge is 2.88. The van der Waals surface area contributed by atoms with Gasteiger partial charge in [-0.3, -0.25) is 0 Å². The van der Waals surface area contributed by atoms with Gasteiger partial charge in [0.05, 0.1) is 6.61 Å². The number of rotatable bonds is 7. The molecule has 0 radical (unpaired) electrons. The number of halogens is 9. The van der Waals surface area contributed by atoms with Crippen LogP contribution >= 0.6 is 0 Å². The summed E-state index contributed by atoms with van der Waals surface area (Å²) in [7, 11) is -5.97. The Labute approximate surface area is 204 Å². The van der Waals surface area contributed by atoms with Crippen molar-refractivity contribution in [3.63, 3.8) is 0 Å². The van der Waals surface area contributed by atoms with Crippen LogP contribution in [0.25, 0.3) is 0 Å². The number of ether oxygens (including phenoxy) is 3. The first-order valence-electron chi connectivity index (χ1n) is 10.9. The first-order chi connectivity index (χ1) is 15.6. The van der Waals surface area contributed by atoms with Crippen molar-refractivity contribution in [2.45, 2.75) is 113 Å². The van der Waals surface area contributed by atoms with E-state index in [-0.39, 0.29) is 0 Å². The van der Waals surface area contributed by atoms with E-state index in [2.05, 4.69) is 0 Å². The fraction of sp³-hybridized carbons (Fsp3) is 1.00. The Morgan fingerprint density at radius 3 is 1.67 bits per heavy atom. The zero-order valence-corrected chi connectivity index (χ0v) is 22.9. The van der Waals surface area contributed by atoms with Crippen LogP contribution in [0.1, 0.15) is 13.8 Å². The Kier molecular flexibility index (Phi) is 8.00. The quantitative estimate of drug-likeness (QED) is 0.332. The molecule has 2 saturated heterocycles. The second-order valence-electron chi connectivity index (χ2n) is 11.2. The molecular formula is C19H31F9O6Si2. The molecule has 2 fully saturated rings. The zero-order valence-electron chi connectivity index (χ0n) is 20.9. The van der Waals surface area contributed by atoms with Gasteiger partial charge in [-0.25, -0.2) is 0 Å². The van der Waals surface area contributed by atoms with E-state index in [1.165, 1.54) is 33.5 Å². The maximum atomic E-state index is 15.3. The van der Waals surface area contributed by atoms with Crippen LogP contribution in [0.3, 0.4) is 0 Å². The third-order valence-electron chi connectivity index (χ3n) is 5.29. The Bertz CT molecular complexity index is 813. The van der Waals surface area contributed by atoms with Gasteiger partial charge in [-0.05, 0) is 53.1 Å². The third kappa shape index (κ3) is 5.62. The first-order valence-corrected chi connectivity index (χ1v) is 17.7. The molecule has 0 spiro atoms. The summed E-state index contributed by atoms with van der Waals surface area (Å²) in [6.45, 7) is 11.1. The minimum absolute atomic E-state index is 0.664. The predicted octanol–water partition coefficient (Wildman–Crippen LogP) is 5.13. The Morgan fingerprint density at radius 1 is 0.778 bits per heavy atom. The molecule has 214 valence electrons. The van der Waals surface area contributed by atoms with E-state index >= 15 is 8.78 Å². The van der Waals surface area contributed by atoms with E-state index in [9.17, 15) is 35.8 Å². The molecule has 0 aromatic rings. The molecule has 1 N–H and O–H groups in total. The van der Waals surface area contributed by atoms with Gasteiger partial charge in [-0.1, -0.05) is 0 Å². The topological polar surface area (TPSA) is 66.4 Å². The molecule has 2 rings (SSSR count). The van der Waals surface area contributed by atoms with Crippen molar-refractivity contribution in [2.75, 3.05) is 6.61 Å². The molecule has 5 atom stereocenters. The van der Waals surface area contributed by atoms with Crippen LogP contribution in [0.4, 0.5) is 39.5 Å². The summed E-state index contributed by atoms with van der Waals surface area (Å²) in [4.78, 5) is 0. The Balaban J connectivity index is 2.78. The van der Waals surface area contributed by atoms with Gasteiger partial charge in [-0.2, -0.15) is 39.5 Å². The normalized spacial score (nSPS) is 32.8. The highest BCUT2D eigenvalue weighted by atomic mass is 28.4. The molecule has 0 saturated carbocycles. The molecule has 0 aromatic heterocycles. The van der Waals surface area contributed by atoms with Gasteiger partial charge in [0.1, 0.15) is 24.4 Å². The summed E-state index contributed by atoms with van der Waals surface area (Å²) in [5.74, 6) is -27.0. The second kappa shape index (κ2) is 9.06. The summed E-state index contributed by atoms with van der Waals surface area (Å²) in [6.07, 6.45) is -14.8. The fourth-order valence-corrected chi connectivity index (χ4v) is 5.94. The van der Waals surface area contributed by atoms with E-state index in [1.54, 1.807) is 19.6 Å². The first kappa shape index (κ1) is 31.8. The third-order valence-corrected chi connectivity index (χ3v) is 7.23. The van der Waals surface area contributed by atoms with Gasteiger partial charge in [-0.15, -0.1) is 0 Å². The maximum Gasteiger partial charge on any atom is 0.460 e. The monoisotopic (exact) mass is 582 g/mol. The van der Waals surface area contributed by atoms with E-state index in [4.69, 9.17) is 23.1 Å². The zero-order chi connectivity index (χ0) is 28.6. The molecule has 0 unspecified atom stereocenters. The Morgan fingerprint density at radius 2 is 1.25 bits per heavy atom. The standard InChI is InChI=1S/C19H31F9O6Si2/c1-14(2)30-9-10-11(32-14)12(33-35(3,4)5)13(34-36(6,7)8)15(29,31-10)16(20,21)17(22,23)18(24,25)19(26,27)28/h10-13,29H,9H2,1-8H3/t10-,11-,12-,13-,15-/m1/s1. The highest BCUT2D eigenvalue weighted by Crippen LogP contribution is 2.59. The van der Waals surface area contributed by atoms with Crippen LogP contribution in [-0.4, -0.2) is 88.3 Å². The van der Waals surface area contributed by atoms with E-state index in [0.29, 0.717) is 0 Å². The van der Waals surface area contributed by atoms with E-state index < -0.39 is 83.2 Å².